The lowest BCUT2D eigenvalue weighted by molar-refractivity contribution is -0.152. The first-order chi connectivity index (χ1) is 10.7. The lowest BCUT2D eigenvalue weighted by Crippen LogP contribution is -2.52. The van der Waals surface area contributed by atoms with Crippen molar-refractivity contribution in [2.75, 3.05) is 13.2 Å². The molecule has 0 bridgehead atoms. The number of benzene rings is 1. The Morgan fingerprint density at radius 1 is 1.32 bits per heavy atom. The Bertz CT molecular complexity index is 572. The minimum Gasteiger partial charge on any atom is -0.370 e. The van der Waals surface area contributed by atoms with Crippen molar-refractivity contribution in [2.45, 2.75) is 44.8 Å². The lowest BCUT2D eigenvalue weighted by Gasteiger charge is -2.41. The monoisotopic (exact) mass is 298 g/mol. The summed E-state index contributed by atoms with van der Waals surface area (Å²) in [7, 11) is 0. The minimum absolute atomic E-state index is 0.00392. The summed E-state index contributed by atoms with van der Waals surface area (Å²) in [5, 5.41) is 9.56. The normalized spacial score (nSPS) is 27.4. The van der Waals surface area contributed by atoms with E-state index in [1.807, 2.05) is 42.2 Å². The highest BCUT2D eigenvalue weighted by Crippen LogP contribution is 2.40. The van der Waals surface area contributed by atoms with Gasteiger partial charge in [-0.15, -0.1) is 0 Å². The number of carbonyl (C=O) groups excluding carboxylic acids is 1. The van der Waals surface area contributed by atoms with Gasteiger partial charge < -0.3 is 9.64 Å². The second-order valence-corrected chi connectivity index (χ2v) is 6.44. The number of nitriles is 1. The molecule has 0 radical (unpaired) electrons. The van der Waals surface area contributed by atoms with Crippen molar-refractivity contribution < 1.29 is 9.53 Å². The van der Waals surface area contributed by atoms with E-state index in [4.69, 9.17) is 4.74 Å². The summed E-state index contributed by atoms with van der Waals surface area (Å²) in [6.45, 7) is 3.05. The number of carbonyl (C=O) groups is 1. The third-order valence-electron chi connectivity index (χ3n) is 4.95. The summed E-state index contributed by atoms with van der Waals surface area (Å²) in [6.07, 6.45) is 3.24. The van der Waals surface area contributed by atoms with Crippen LogP contribution in [0, 0.1) is 16.7 Å². The number of amides is 1. The van der Waals surface area contributed by atoms with E-state index in [0.717, 1.165) is 18.4 Å². The molecule has 2 atom stereocenters. The van der Waals surface area contributed by atoms with Gasteiger partial charge in [0, 0.05) is 0 Å². The summed E-state index contributed by atoms with van der Waals surface area (Å²) in [5.74, 6) is 0.00392. The highest BCUT2D eigenvalue weighted by atomic mass is 16.5. The van der Waals surface area contributed by atoms with Gasteiger partial charge in [0.1, 0.15) is 11.5 Å². The maximum absolute atomic E-state index is 13.0. The highest BCUT2D eigenvalue weighted by molar-refractivity contribution is 5.86. The topological polar surface area (TPSA) is 53.3 Å². The first kappa shape index (κ1) is 15.1. The standard InChI is InChI=1S/C18H22N2O2/c1-14-12-22-16(15-7-3-2-4-8-15)11-20(14)17(21)18(13-19)9-5-6-10-18/h2-4,7-8,14,16H,5-6,9-12H2,1H3/t14-,16+/m0/s1. The van der Waals surface area contributed by atoms with Gasteiger partial charge >= 0.3 is 0 Å². The number of hydrogen-bond donors (Lipinski definition) is 0. The molecular formula is C18H22N2O2. The molecule has 1 aliphatic carbocycles. The van der Waals surface area contributed by atoms with Gasteiger partial charge in [-0.05, 0) is 25.3 Å². The predicted molar refractivity (Wildman–Crippen MR) is 82.8 cm³/mol. The van der Waals surface area contributed by atoms with Crippen LogP contribution in [0.1, 0.15) is 44.3 Å². The molecule has 1 aromatic rings. The Morgan fingerprint density at radius 2 is 2.00 bits per heavy atom. The van der Waals surface area contributed by atoms with Crippen LogP contribution < -0.4 is 0 Å². The second kappa shape index (κ2) is 6.10. The fourth-order valence-corrected chi connectivity index (χ4v) is 3.54. The fraction of sp³-hybridized carbons (Fsp3) is 0.556. The van der Waals surface area contributed by atoms with Crippen molar-refractivity contribution >= 4 is 5.91 Å². The molecule has 1 aliphatic heterocycles. The minimum atomic E-state index is -0.799. The molecular weight excluding hydrogens is 276 g/mol. The van der Waals surface area contributed by atoms with Gasteiger partial charge in [0.2, 0.25) is 5.91 Å². The fourth-order valence-electron chi connectivity index (χ4n) is 3.54. The van der Waals surface area contributed by atoms with E-state index in [2.05, 4.69) is 6.07 Å². The van der Waals surface area contributed by atoms with Crippen LogP contribution in [0.2, 0.25) is 0 Å². The first-order valence-corrected chi connectivity index (χ1v) is 8.05. The van der Waals surface area contributed by atoms with Gasteiger partial charge in [0.25, 0.3) is 0 Å². The van der Waals surface area contributed by atoms with Gasteiger partial charge in [0.15, 0.2) is 0 Å². The lowest BCUT2D eigenvalue weighted by atomic mass is 9.85. The van der Waals surface area contributed by atoms with Crippen molar-refractivity contribution in [3.63, 3.8) is 0 Å². The number of rotatable bonds is 2. The third kappa shape index (κ3) is 2.62. The van der Waals surface area contributed by atoms with E-state index in [9.17, 15) is 10.1 Å². The van der Waals surface area contributed by atoms with E-state index in [1.54, 1.807) is 0 Å². The van der Waals surface area contributed by atoms with Crippen molar-refractivity contribution in [1.29, 1.82) is 5.26 Å². The average Bonchev–Trinajstić information content (AvgIpc) is 3.06. The molecule has 0 unspecified atom stereocenters. The zero-order chi connectivity index (χ0) is 15.6. The van der Waals surface area contributed by atoms with Crippen molar-refractivity contribution in [3.8, 4) is 6.07 Å². The van der Waals surface area contributed by atoms with Crippen molar-refractivity contribution in [2.24, 2.45) is 5.41 Å². The molecule has 4 nitrogen and oxygen atoms in total. The summed E-state index contributed by atoms with van der Waals surface area (Å²) in [5.41, 5.74) is 0.289. The maximum Gasteiger partial charge on any atom is 0.243 e. The summed E-state index contributed by atoms with van der Waals surface area (Å²) in [4.78, 5) is 14.9. The van der Waals surface area contributed by atoms with E-state index in [1.165, 1.54) is 0 Å². The summed E-state index contributed by atoms with van der Waals surface area (Å²) < 4.78 is 5.91. The van der Waals surface area contributed by atoms with Crippen LogP contribution in [-0.2, 0) is 9.53 Å². The Hall–Kier alpha value is -1.86. The Labute approximate surface area is 131 Å². The van der Waals surface area contributed by atoms with Crippen molar-refractivity contribution in [1.82, 2.24) is 4.90 Å². The molecule has 0 aromatic heterocycles. The molecule has 3 rings (SSSR count). The van der Waals surface area contributed by atoms with Gasteiger partial charge in [-0.1, -0.05) is 43.2 Å². The first-order valence-electron chi connectivity index (χ1n) is 8.05. The van der Waals surface area contributed by atoms with Crippen LogP contribution >= 0.6 is 0 Å². The molecule has 0 spiro atoms. The zero-order valence-corrected chi connectivity index (χ0v) is 13.0. The van der Waals surface area contributed by atoms with E-state index < -0.39 is 5.41 Å². The van der Waals surface area contributed by atoms with Gasteiger partial charge in [0.05, 0.1) is 25.3 Å². The van der Waals surface area contributed by atoms with Crippen LogP contribution in [0.4, 0.5) is 0 Å². The quantitative estimate of drug-likeness (QED) is 0.843. The van der Waals surface area contributed by atoms with Crippen LogP contribution in [0.3, 0.4) is 0 Å². The molecule has 1 aromatic carbocycles. The Morgan fingerprint density at radius 3 is 2.64 bits per heavy atom. The van der Waals surface area contributed by atoms with Crippen LogP contribution in [0.25, 0.3) is 0 Å². The maximum atomic E-state index is 13.0. The molecule has 4 heteroatoms. The Kier molecular flexibility index (Phi) is 4.17. The molecule has 2 aliphatic rings. The summed E-state index contributed by atoms with van der Waals surface area (Å²) >= 11 is 0. The molecule has 22 heavy (non-hydrogen) atoms. The molecule has 116 valence electrons. The van der Waals surface area contributed by atoms with Crippen LogP contribution in [0.15, 0.2) is 30.3 Å². The van der Waals surface area contributed by atoms with Gasteiger partial charge in [-0.3, -0.25) is 4.79 Å². The van der Waals surface area contributed by atoms with Gasteiger partial charge in [-0.2, -0.15) is 5.26 Å². The predicted octanol–water partition coefficient (Wildman–Crippen LogP) is 3.06. The van der Waals surface area contributed by atoms with Gasteiger partial charge in [-0.25, -0.2) is 0 Å². The van der Waals surface area contributed by atoms with E-state index >= 15 is 0 Å². The third-order valence-corrected chi connectivity index (χ3v) is 4.95. The van der Waals surface area contributed by atoms with Crippen LogP contribution in [0.5, 0.6) is 0 Å². The Balaban J connectivity index is 1.80. The van der Waals surface area contributed by atoms with Crippen molar-refractivity contribution in [3.05, 3.63) is 35.9 Å². The number of ether oxygens (including phenoxy) is 1. The second-order valence-electron chi connectivity index (χ2n) is 6.44. The highest BCUT2D eigenvalue weighted by Gasteiger charge is 2.46. The summed E-state index contributed by atoms with van der Waals surface area (Å²) in [6, 6.07) is 12.3. The largest absolute Gasteiger partial charge is 0.370 e. The van der Waals surface area contributed by atoms with Crippen LogP contribution in [-0.4, -0.2) is 30.0 Å². The smallest absolute Gasteiger partial charge is 0.243 e. The van der Waals surface area contributed by atoms with E-state index in [0.29, 0.717) is 26.0 Å². The SMILES string of the molecule is C[C@H]1CO[C@@H](c2ccccc2)CN1C(=O)C1(C#N)CCCC1. The average molecular weight is 298 g/mol. The number of hydrogen-bond acceptors (Lipinski definition) is 3. The molecule has 2 fully saturated rings. The van der Waals surface area contributed by atoms with E-state index in [-0.39, 0.29) is 18.1 Å². The zero-order valence-electron chi connectivity index (χ0n) is 13.0. The molecule has 1 saturated heterocycles. The molecule has 0 N–H and O–H groups in total. The number of morpholine rings is 1. The molecule has 1 heterocycles. The molecule has 1 amide bonds. The number of nitrogens with zero attached hydrogens (tertiary/aromatic N) is 2. The molecule has 1 saturated carbocycles.